The van der Waals surface area contributed by atoms with Gasteiger partial charge in [-0.05, 0) is 32.1 Å². The molecule has 0 aromatic heterocycles. The molecule has 1 rings (SSSR count). The summed E-state index contributed by atoms with van der Waals surface area (Å²) in [5.74, 6) is 0. The van der Waals surface area contributed by atoms with Gasteiger partial charge in [0.1, 0.15) is 24.4 Å². The maximum Gasteiger partial charge on any atom is 0.111 e. The van der Waals surface area contributed by atoms with Crippen LogP contribution < -0.4 is 0 Å². The lowest BCUT2D eigenvalue weighted by Crippen LogP contribution is -2.54. The van der Waals surface area contributed by atoms with Gasteiger partial charge in [0.2, 0.25) is 0 Å². The largest absolute Gasteiger partial charge is 0.388 e. The molecule has 1 heterocycles. The van der Waals surface area contributed by atoms with Crippen LogP contribution in [0.1, 0.15) is 96.8 Å². The van der Waals surface area contributed by atoms with Crippen LogP contribution in [0.15, 0.2) is 12.2 Å². The fourth-order valence-electron chi connectivity index (χ4n) is 3.66. The first-order chi connectivity index (χ1) is 14.2. The molecule has 1 aliphatic heterocycles. The van der Waals surface area contributed by atoms with Gasteiger partial charge in [-0.3, -0.25) is 0 Å². The Labute approximate surface area is 178 Å². The molecule has 3 N–H and O–H groups in total. The first-order valence-electron chi connectivity index (χ1n) is 12.0. The van der Waals surface area contributed by atoms with Crippen molar-refractivity contribution in [3.8, 4) is 0 Å². The van der Waals surface area contributed by atoms with Gasteiger partial charge in [-0.2, -0.15) is 0 Å². The van der Waals surface area contributed by atoms with Crippen LogP contribution in [-0.2, 0) is 9.47 Å². The average molecular weight is 415 g/mol. The van der Waals surface area contributed by atoms with Gasteiger partial charge < -0.3 is 24.8 Å². The van der Waals surface area contributed by atoms with Crippen LogP contribution in [0, 0.1) is 0 Å². The first-order valence-corrected chi connectivity index (χ1v) is 12.0. The van der Waals surface area contributed by atoms with E-state index in [-0.39, 0.29) is 13.2 Å². The number of ether oxygens (including phenoxy) is 2. The van der Waals surface area contributed by atoms with E-state index in [2.05, 4.69) is 19.1 Å². The summed E-state index contributed by atoms with van der Waals surface area (Å²) >= 11 is 0. The molecule has 0 amide bonds. The predicted molar refractivity (Wildman–Crippen MR) is 118 cm³/mol. The lowest BCUT2D eigenvalue weighted by molar-refractivity contribution is -0.199. The van der Waals surface area contributed by atoms with Crippen molar-refractivity contribution >= 4 is 0 Å². The fraction of sp³-hybridized carbons (Fsp3) is 0.917. The van der Waals surface area contributed by atoms with Crippen molar-refractivity contribution in [2.45, 2.75) is 121 Å². The molecule has 5 nitrogen and oxygen atoms in total. The van der Waals surface area contributed by atoms with Gasteiger partial charge in [0.05, 0.1) is 13.2 Å². The van der Waals surface area contributed by atoms with Gasteiger partial charge >= 0.3 is 0 Å². The maximum atomic E-state index is 9.83. The van der Waals surface area contributed by atoms with E-state index in [1.165, 1.54) is 77.0 Å². The summed E-state index contributed by atoms with van der Waals surface area (Å²) in [5.41, 5.74) is 0. The molecule has 0 bridgehead atoms. The molecular weight excluding hydrogens is 368 g/mol. The lowest BCUT2D eigenvalue weighted by atomic mass is 10.0. The fourth-order valence-corrected chi connectivity index (χ4v) is 3.66. The highest BCUT2D eigenvalue weighted by atomic mass is 16.6. The van der Waals surface area contributed by atoms with Crippen molar-refractivity contribution in [3.05, 3.63) is 12.2 Å². The van der Waals surface area contributed by atoms with Crippen LogP contribution in [0.25, 0.3) is 0 Å². The zero-order valence-electron chi connectivity index (χ0n) is 18.6. The van der Waals surface area contributed by atoms with E-state index in [4.69, 9.17) is 9.47 Å². The van der Waals surface area contributed by atoms with Crippen molar-refractivity contribution in [2.75, 3.05) is 19.8 Å². The van der Waals surface area contributed by atoms with E-state index in [0.29, 0.717) is 6.61 Å². The third kappa shape index (κ3) is 13.5. The quantitative estimate of drug-likeness (QED) is 0.227. The van der Waals surface area contributed by atoms with Crippen molar-refractivity contribution < 1.29 is 24.8 Å². The van der Waals surface area contributed by atoms with Crippen molar-refractivity contribution in [3.63, 3.8) is 0 Å². The summed E-state index contributed by atoms with van der Waals surface area (Å²) in [5, 5.41) is 28.9. The van der Waals surface area contributed by atoms with E-state index in [0.717, 1.165) is 12.8 Å². The molecular formula is C24H46O5. The minimum absolute atomic E-state index is 0.0422. The van der Waals surface area contributed by atoms with E-state index in [1.807, 2.05) is 0 Å². The highest BCUT2D eigenvalue weighted by molar-refractivity contribution is 4.86. The SMILES string of the molecule is CCCCCCCC/C=C/CCCCCCCCOC[C@H]1OC[C@H](O)[C@@H](O)[C@@H]1O. The Morgan fingerprint density at radius 1 is 0.759 bits per heavy atom. The Morgan fingerprint density at radius 3 is 1.93 bits per heavy atom. The van der Waals surface area contributed by atoms with E-state index in [1.54, 1.807) is 0 Å². The smallest absolute Gasteiger partial charge is 0.111 e. The average Bonchev–Trinajstić information content (AvgIpc) is 2.72. The van der Waals surface area contributed by atoms with Crippen LogP contribution >= 0.6 is 0 Å². The lowest BCUT2D eigenvalue weighted by Gasteiger charge is -2.35. The Hall–Kier alpha value is -0.460. The molecule has 172 valence electrons. The maximum absolute atomic E-state index is 9.83. The van der Waals surface area contributed by atoms with Crippen molar-refractivity contribution in [1.82, 2.24) is 0 Å². The standard InChI is InChI=1S/C24H46O5/c1-2-3-4-5-6-7-8-9-10-11-12-13-14-15-16-17-18-28-20-22-24(27)23(26)21(25)19-29-22/h9-10,21-27H,2-8,11-20H2,1H3/b10-9+/t21-,22+,23+,24+/m0/s1. The monoisotopic (exact) mass is 414 g/mol. The molecule has 0 saturated carbocycles. The summed E-state index contributed by atoms with van der Waals surface area (Å²) in [4.78, 5) is 0. The molecule has 4 atom stereocenters. The molecule has 0 aliphatic carbocycles. The van der Waals surface area contributed by atoms with Gasteiger partial charge in [-0.1, -0.05) is 76.9 Å². The van der Waals surface area contributed by atoms with Crippen molar-refractivity contribution in [2.24, 2.45) is 0 Å². The van der Waals surface area contributed by atoms with Gasteiger partial charge in [0.25, 0.3) is 0 Å². The second-order valence-electron chi connectivity index (χ2n) is 8.43. The third-order valence-electron chi connectivity index (χ3n) is 5.69. The highest BCUT2D eigenvalue weighted by Crippen LogP contribution is 2.16. The molecule has 5 heteroatoms. The molecule has 1 fully saturated rings. The Morgan fingerprint density at radius 2 is 1.31 bits per heavy atom. The van der Waals surface area contributed by atoms with E-state index >= 15 is 0 Å². The van der Waals surface area contributed by atoms with Crippen LogP contribution in [0.4, 0.5) is 0 Å². The molecule has 0 unspecified atom stereocenters. The molecule has 0 spiro atoms. The predicted octanol–water partition coefficient (Wildman–Crippen LogP) is 4.52. The Kier molecular flexibility index (Phi) is 16.8. The molecule has 0 radical (unpaired) electrons. The molecule has 0 aromatic rings. The van der Waals surface area contributed by atoms with Crippen LogP contribution in [0.3, 0.4) is 0 Å². The molecule has 1 saturated heterocycles. The normalized spacial score (nSPS) is 25.1. The summed E-state index contributed by atoms with van der Waals surface area (Å²) in [6.07, 6.45) is 18.9. The van der Waals surface area contributed by atoms with Gasteiger partial charge in [0.15, 0.2) is 0 Å². The zero-order valence-corrected chi connectivity index (χ0v) is 18.6. The Bertz CT molecular complexity index is 387. The highest BCUT2D eigenvalue weighted by Gasteiger charge is 2.37. The number of aliphatic hydroxyl groups is 3. The van der Waals surface area contributed by atoms with Crippen LogP contribution in [0.5, 0.6) is 0 Å². The number of rotatable bonds is 18. The number of hydrogen-bond acceptors (Lipinski definition) is 5. The minimum Gasteiger partial charge on any atom is -0.388 e. The zero-order chi connectivity index (χ0) is 21.2. The van der Waals surface area contributed by atoms with Crippen molar-refractivity contribution in [1.29, 1.82) is 0 Å². The van der Waals surface area contributed by atoms with Crippen LogP contribution in [-0.4, -0.2) is 59.6 Å². The topological polar surface area (TPSA) is 79.2 Å². The molecule has 1 aliphatic rings. The summed E-state index contributed by atoms with van der Waals surface area (Å²) in [6, 6.07) is 0. The van der Waals surface area contributed by atoms with Gasteiger partial charge in [0, 0.05) is 6.61 Å². The Balaban J connectivity index is 1.80. The molecule has 0 aromatic carbocycles. The number of allylic oxidation sites excluding steroid dienone is 2. The third-order valence-corrected chi connectivity index (χ3v) is 5.69. The summed E-state index contributed by atoms with van der Waals surface area (Å²) in [7, 11) is 0. The number of unbranched alkanes of at least 4 members (excludes halogenated alkanes) is 12. The number of aliphatic hydroxyl groups excluding tert-OH is 3. The van der Waals surface area contributed by atoms with Gasteiger partial charge in [-0.25, -0.2) is 0 Å². The van der Waals surface area contributed by atoms with Crippen LogP contribution in [0.2, 0.25) is 0 Å². The molecule has 29 heavy (non-hydrogen) atoms. The van der Waals surface area contributed by atoms with Gasteiger partial charge in [-0.15, -0.1) is 0 Å². The summed E-state index contributed by atoms with van der Waals surface area (Å²) in [6.45, 7) is 3.21. The minimum atomic E-state index is -1.15. The first kappa shape index (κ1) is 26.6. The second kappa shape index (κ2) is 18.3. The summed E-state index contributed by atoms with van der Waals surface area (Å²) < 4.78 is 10.9. The van der Waals surface area contributed by atoms with E-state index < -0.39 is 24.4 Å². The number of hydrogen-bond donors (Lipinski definition) is 3. The van der Waals surface area contributed by atoms with E-state index in [9.17, 15) is 15.3 Å². The second-order valence-corrected chi connectivity index (χ2v) is 8.43.